The molecule has 3 aromatic rings. The Morgan fingerprint density at radius 1 is 0.900 bits per heavy atom. The fraction of sp³-hybridized carbons (Fsp3) is 0. The van der Waals surface area contributed by atoms with Crippen LogP contribution in [0.15, 0.2) is 76.5 Å². The smallest absolute Gasteiger partial charge is 0.133 e. The molecule has 0 unspecified atom stereocenters. The van der Waals surface area contributed by atoms with E-state index in [1.165, 1.54) is 5.56 Å². The van der Waals surface area contributed by atoms with Gasteiger partial charge in [0.15, 0.2) is 0 Å². The zero-order valence-electron chi connectivity index (χ0n) is 10.9. The summed E-state index contributed by atoms with van der Waals surface area (Å²) >= 11 is 0. The van der Waals surface area contributed by atoms with Gasteiger partial charge >= 0.3 is 0 Å². The number of furan rings is 1. The standard InChI is InChI=1S/C9H8N2.C8H6O/c1-2-6-9-8(4-1)5-3-7-10-11-9;1-2-4-8-7(3-1)5-6-9-8/h1-7,11H;1-6H. The Labute approximate surface area is 117 Å². The fourth-order valence-corrected chi connectivity index (χ4v) is 1.95. The fourth-order valence-electron chi connectivity index (χ4n) is 1.95. The number of nitrogens with one attached hydrogen (secondary N) is 1. The lowest BCUT2D eigenvalue weighted by Gasteiger charge is -2.00. The number of benzene rings is 2. The first-order chi connectivity index (χ1) is 9.93. The van der Waals surface area contributed by atoms with Crippen LogP contribution in [0.1, 0.15) is 5.56 Å². The van der Waals surface area contributed by atoms with Crippen molar-refractivity contribution in [2.24, 2.45) is 5.10 Å². The highest BCUT2D eigenvalue weighted by Crippen LogP contribution is 2.17. The minimum atomic E-state index is 0.956. The minimum absolute atomic E-state index is 0.956. The van der Waals surface area contributed by atoms with Gasteiger partial charge in [-0.05, 0) is 29.8 Å². The zero-order valence-corrected chi connectivity index (χ0v) is 10.9. The molecule has 98 valence electrons. The monoisotopic (exact) mass is 262 g/mol. The zero-order chi connectivity index (χ0) is 13.6. The van der Waals surface area contributed by atoms with Crippen molar-refractivity contribution in [2.75, 3.05) is 5.43 Å². The third kappa shape index (κ3) is 2.78. The number of para-hydroxylation sites is 2. The van der Waals surface area contributed by atoms with Gasteiger partial charge < -0.3 is 4.42 Å². The van der Waals surface area contributed by atoms with E-state index in [0.29, 0.717) is 0 Å². The Bertz CT molecular complexity index is 726. The van der Waals surface area contributed by atoms with Crippen molar-refractivity contribution in [2.45, 2.75) is 0 Å². The molecule has 0 aliphatic carbocycles. The Hall–Kier alpha value is -2.81. The van der Waals surface area contributed by atoms with Gasteiger partial charge in [-0.1, -0.05) is 42.5 Å². The molecule has 3 heteroatoms. The maximum atomic E-state index is 5.12. The van der Waals surface area contributed by atoms with E-state index >= 15 is 0 Å². The number of anilines is 1. The summed E-state index contributed by atoms with van der Waals surface area (Å²) in [6.07, 6.45) is 7.38. The predicted molar refractivity (Wildman–Crippen MR) is 83.8 cm³/mol. The summed E-state index contributed by atoms with van der Waals surface area (Å²) in [5.41, 5.74) is 6.11. The summed E-state index contributed by atoms with van der Waals surface area (Å²) in [7, 11) is 0. The largest absolute Gasteiger partial charge is 0.464 e. The molecule has 20 heavy (non-hydrogen) atoms. The van der Waals surface area contributed by atoms with Crippen molar-refractivity contribution in [3.63, 3.8) is 0 Å². The SMILES string of the molecule is C1=Cc2ccccc2NN=C1.c1ccc2occc2c1. The van der Waals surface area contributed by atoms with E-state index in [1.54, 1.807) is 12.5 Å². The highest BCUT2D eigenvalue weighted by atomic mass is 16.3. The van der Waals surface area contributed by atoms with Crippen LogP contribution in [0.2, 0.25) is 0 Å². The lowest BCUT2D eigenvalue weighted by molar-refractivity contribution is 0.616. The topological polar surface area (TPSA) is 37.5 Å². The van der Waals surface area contributed by atoms with Crippen molar-refractivity contribution in [1.82, 2.24) is 0 Å². The minimum Gasteiger partial charge on any atom is -0.464 e. The van der Waals surface area contributed by atoms with Crippen LogP contribution in [0, 0.1) is 0 Å². The summed E-state index contributed by atoms with van der Waals surface area (Å²) in [5, 5.41) is 5.11. The van der Waals surface area contributed by atoms with Crippen LogP contribution >= 0.6 is 0 Å². The molecule has 1 N–H and O–H groups in total. The molecule has 0 atom stereocenters. The molecule has 2 heterocycles. The third-order valence-corrected chi connectivity index (χ3v) is 2.94. The van der Waals surface area contributed by atoms with Gasteiger partial charge in [0.25, 0.3) is 0 Å². The van der Waals surface area contributed by atoms with Gasteiger partial charge in [0.2, 0.25) is 0 Å². The van der Waals surface area contributed by atoms with Gasteiger partial charge in [-0.25, -0.2) is 0 Å². The molecule has 1 aromatic heterocycles. The molecule has 0 fully saturated rings. The molecular formula is C17H14N2O. The van der Waals surface area contributed by atoms with Crippen molar-refractivity contribution in [3.05, 3.63) is 72.5 Å². The number of hydrogen-bond acceptors (Lipinski definition) is 3. The van der Waals surface area contributed by atoms with Crippen LogP contribution in [0.25, 0.3) is 17.0 Å². The maximum absolute atomic E-state index is 5.12. The van der Waals surface area contributed by atoms with E-state index in [2.05, 4.69) is 10.5 Å². The quantitative estimate of drug-likeness (QED) is 0.645. The van der Waals surface area contributed by atoms with E-state index in [-0.39, 0.29) is 0 Å². The summed E-state index contributed by atoms with van der Waals surface area (Å²) in [6, 6.07) is 17.9. The Morgan fingerprint density at radius 3 is 2.70 bits per heavy atom. The molecular weight excluding hydrogens is 248 g/mol. The average Bonchev–Trinajstić information content (AvgIpc) is 2.85. The second-order valence-electron chi connectivity index (χ2n) is 4.29. The van der Waals surface area contributed by atoms with Gasteiger partial charge in [-0.2, -0.15) is 5.10 Å². The van der Waals surface area contributed by atoms with Gasteiger partial charge in [0, 0.05) is 11.6 Å². The van der Waals surface area contributed by atoms with E-state index in [4.69, 9.17) is 4.42 Å². The first-order valence-corrected chi connectivity index (χ1v) is 6.40. The summed E-state index contributed by atoms with van der Waals surface area (Å²) in [4.78, 5) is 0. The second kappa shape index (κ2) is 5.89. The van der Waals surface area contributed by atoms with E-state index in [1.807, 2.05) is 66.7 Å². The molecule has 0 amide bonds. The molecule has 0 saturated heterocycles. The molecule has 4 rings (SSSR count). The third-order valence-electron chi connectivity index (χ3n) is 2.94. The van der Waals surface area contributed by atoms with E-state index in [9.17, 15) is 0 Å². The Morgan fingerprint density at radius 2 is 1.75 bits per heavy atom. The number of nitrogens with zero attached hydrogens (tertiary/aromatic N) is 1. The van der Waals surface area contributed by atoms with Crippen LogP contribution in [-0.2, 0) is 0 Å². The summed E-state index contributed by atoms with van der Waals surface area (Å²) < 4.78 is 5.12. The normalized spacial score (nSPS) is 12.0. The Balaban J connectivity index is 0.000000123. The van der Waals surface area contributed by atoms with Crippen LogP contribution in [0.5, 0.6) is 0 Å². The summed E-state index contributed by atoms with van der Waals surface area (Å²) in [6.45, 7) is 0. The number of rotatable bonds is 0. The maximum Gasteiger partial charge on any atom is 0.133 e. The number of allylic oxidation sites excluding steroid dienone is 1. The van der Waals surface area contributed by atoms with E-state index in [0.717, 1.165) is 16.7 Å². The van der Waals surface area contributed by atoms with Crippen LogP contribution in [-0.4, -0.2) is 6.21 Å². The summed E-state index contributed by atoms with van der Waals surface area (Å²) in [5.74, 6) is 0. The Kier molecular flexibility index (Phi) is 3.60. The van der Waals surface area contributed by atoms with E-state index < -0.39 is 0 Å². The van der Waals surface area contributed by atoms with Gasteiger partial charge in [-0.15, -0.1) is 0 Å². The highest BCUT2D eigenvalue weighted by molar-refractivity contribution is 5.83. The number of hydrazone groups is 1. The molecule has 1 aliphatic rings. The first-order valence-electron chi connectivity index (χ1n) is 6.40. The molecule has 2 aromatic carbocycles. The van der Waals surface area contributed by atoms with Crippen LogP contribution in [0.4, 0.5) is 5.69 Å². The first kappa shape index (κ1) is 12.2. The van der Waals surface area contributed by atoms with Crippen molar-refractivity contribution in [1.29, 1.82) is 0 Å². The molecule has 0 spiro atoms. The van der Waals surface area contributed by atoms with Crippen molar-refractivity contribution < 1.29 is 4.42 Å². The van der Waals surface area contributed by atoms with Gasteiger partial charge in [-0.3, -0.25) is 5.43 Å². The number of fused-ring (bicyclic) bond motifs is 2. The van der Waals surface area contributed by atoms with Crippen molar-refractivity contribution >= 4 is 28.9 Å². The predicted octanol–water partition coefficient (Wildman–Crippen LogP) is 4.54. The molecule has 0 bridgehead atoms. The molecule has 0 radical (unpaired) electrons. The number of hydrogen-bond donors (Lipinski definition) is 1. The molecule has 1 aliphatic heterocycles. The van der Waals surface area contributed by atoms with Gasteiger partial charge in [0.05, 0.1) is 12.0 Å². The van der Waals surface area contributed by atoms with Gasteiger partial charge in [0.1, 0.15) is 5.58 Å². The highest BCUT2D eigenvalue weighted by Gasteiger charge is 1.96. The lowest BCUT2D eigenvalue weighted by Crippen LogP contribution is -1.87. The second-order valence-corrected chi connectivity index (χ2v) is 4.29. The average molecular weight is 262 g/mol. The van der Waals surface area contributed by atoms with Crippen LogP contribution in [0.3, 0.4) is 0 Å². The van der Waals surface area contributed by atoms with Crippen molar-refractivity contribution in [3.8, 4) is 0 Å². The lowest BCUT2D eigenvalue weighted by atomic mass is 10.2. The van der Waals surface area contributed by atoms with Crippen LogP contribution < -0.4 is 5.43 Å². The molecule has 0 saturated carbocycles. The molecule has 3 nitrogen and oxygen atoms in total.